The predicted molar refractivity (Wildman–Crippen MR) is 72.8 cm³/mol. The summed E-state index contributed by atoms with van der Waals surface area (Å²) in [6.07, 6.45) is 3.03. The van der Waals surface area contributed by atoms with Crippen LogP contribution in [0, 0.1) is 18.6 Å². The molecule has 0 aliphatic heterocycles. The fourth-order valence-electron chi connectivity index (χ4n) is 1.97. The Hall–Kier alpha value is -2.70. The Balaban J connectivity index is 1.86. The second kappa shape index (κ2) is 5.01. The highest BCUT2D eigenvalue weighted by Gasteiger charge is 2.13. The van der Waals surface area contributed by atoms with Crippen molar-refractivity contribution in [2.75, 3.05) is 5.73 Å². The van der Waals surface area contributed by atoms with Crippen LogP contribution in [0.4, 0.5) is 14.5 Å². The summed E-state index contributed by atoms with van der Waals surface area (Å²) in [7, 11) is 0. The topological polar surface area (TPSA) is 65.4 Å². The molecule has 5 nitrogen and oxygen atoms in total. The van der Waals surface area contributed by atoms with Gasteiger partial charge in [-0.15, -0.1) is 0 Å². The fraction of sp³-hybridized carbons (Fsp3) is 0.143. The number of aryl methyl sites for hydroxylation is 1. The molecule has 0 fully saturated rings. The molecule has 1 aromatic carbocycles. The summed E-state index contributed by atoms with van der Waals surface area (Å²) < 4.78 is 34.3. The molecule has 0 bridgehead atoms. The number of nitrogens with two attached hydrogens (primary N) is 1. The van der Waals surface area contributed by atoms with E-state index in [0.29, 0.717) is 5.75 Å². The van der Waals surface area contributed by atoms with Crippen molar-refractivity contribution in [3.8, 4) is 5.75 Å². The van der Waals surface area contributed by atoms with Crippen molar-refractivity contribution in [3.05, 3.63) is 53.6 Å². The van der Waals surface area contributed by atoms with Gasteiger partial charge in [0, 0.05) is 6.07 Å². The molecule has 0 radical (unpaired) electrons. The number of anilines is 1. The number of ether oxygens (including phenoxy) is 1. The first-order chi connectivity index (χ1) is 10.1. The Bertz CT molecular complexity index is 816. The zero-order valence-corrected chi connectivity index (χ0v) is 11.2. The first-order valence-corrected chi connectivity index (χ1v) is 6.21. The number of hydrogen-bond acceptors (Lipinski definition) is 4. The standard InChI is InChI=1S/C14H12F2N4O/c1-8-13-4-9(5-19-20(13)7-18-8)21-6-10-11(15)2-3-12(17)14(10)16/h2-5,7H,6,17H2,1H3. The number of nitrogen functional groups attached to an aromatic ring is 1. The maximum Gasteiger partial charge on any atom is 0.155 e. The van der Waals surface area contributed by atoms with E-state index in [1.165, 1.54) is 12.3 Å². The Morgan fingerprint density at radius 1 is 1.33 bits per heavy atom. The third-order valence-electron chi connectivity index (χ3n) is 3.17. The fourth-order valence-corrected chi connectivity index (χ4v) is 1.97. The van der Waals surface area contributed by atoms with Crippen LogP contribution in [0.15, 0.2) is 30.7 Å². The molecule has 0 unspecified atom stereocenters. The van der Waals surface area contributed by atoms with Gasteiger partial charge in [-0.1, -0.05) is 0 Å². The average molecular weight is 290 g/mol. The monoisotopic (exact) mass is 290 g/mol. The summed E-state index contributed by atoms with van der Waals surface area (Å²) in [5.74, 6) is -1.10. The van der Waals surface area contributed by atoms with Crippen LogP contribution in [0.25, 0.3) is 5.52 Å². The van der Waals surface area contributed by atoms with Crippen molar-refractivity contribution in [2.24, 2.45) is 0 Å². The summed E-state index contributed by atoms with van der Waals surface area (Å²) >= 11 is 0. The number of fused-ring (bicyclic) bond motifs is 1. The number of imidazole rings is 1. The Labute approximate surface area is 119 Å². The molecule has 7 heteroatoms. The van der Waals surface area contributed by atoms with Crippen LogP contribution in [0.5, 0.6) is 5.75 Å². The number of hydrogen-bond donors (Lipinski definition) is 1. The van der Waals surface area contributed by atoms with E-state index in [4.69, 9.17) is 10.5 Å². The molecule has 0 amide bonds. The van der Waals surface area contributed by atoms with Crippen molar-refractivity contribution >= 4 is 11.2 Å². The molecule has 2 aromatic heterocycles. The lowest BCUT2D eigenvalue weighted by molar-refractivity contribution is 0.291. The van der Waals surface area contributed by atoms with Crippen LogP contribution in [0.1, 0.15) is 11.3 Å². The van der Waals surface area contributed by atoms with Gasteiger partial charge in [0.2, 0.25) is 0 Å². The van der Waals surface area contributed by atoms with Crippen molar-refractivity contribution in [3.63, 3.8) is 0 Å². The van der Waals surface area contributed by atoms with E-state index in [-0.39, 0.29) is 17.9 Å². The van der Waals surface area contributed by atoms with E-state index >= 15 is 0 Å². The lowest BCUT2D eigenvalue weighted by Crippen LogP contribution is -2.05. The zero-order chi connectivity index (χ0) is 15.0. The van der Waals surface area contributed by atoms with E-state index in [9.17, 15) is 8.78 Å². The van der Waals surface area contributed by atoms with Crippen molar-refractivity contribution < 1.29 is 13.5 Å². The quantitative estimate of drug-likeness (QED) is 0.753. The normalized spacial score (nSPS) is 11.0. The molecule has 3 rings (SSSR count). The summed E-state index contributed by atoms with van der Waals surface area (Å²) in [5, 5.41) is 4.09. The molecule has 108 valence electrons. The highest BCUT2D eigenvalue weighted by molar-refractivity contribution is 5.53. The van der Waals surface area contributed by atoms with Gasteiger partial charge in [-0.05, 0) is 19.1 Å². The van der Waals surface area contributed by atoms with Crippen LogP contribution < -0.4 is 10.5 Å². The van der Waals surface area contributed by atoms with Gasteiger partial charge in [0.25, 0.3) is 0 Å². The minimum absolute atomic E-state index is 0.116. The molecule has 0 spiro atoms. The van der Waals surface area contributed by atoms with Gasteiger partial charge in [0.05, 0.1) is 28.7 Å². The Morgan fingerprint density at radius 3 is 2.95 bits per heavy atom. The van der Waals surface area contributed by atoms with Crippen molar-refractivity contribution in [1.29, 1.82) is 0 Å². The van der Waals surface area contributed by atoms with Gasteiger partial charge >= 0.3 is 0 Å². The molecule has 0 atom stereocenters. The number of rotatable bonds is 3. The minimum Gasteiger partial charge on any atom is -0.487 e. The molecule has 2 N–H and O–H groups in total. The van der Waals surface area contributed by atoms with E-state index < -0.39 is 11.6 Å². The van der Waals surface area contributed by atoms with Gasteiger partial charge in [-0.3, -0.25) is 0 Å². The van der Waals surface area contributed by atoms with E-state index in [1.807, 2.05) is 6.92 Å². The van der Waals surface area contributed by atoms with Crippen LogP contribution in [-0.2, 0) is 6.61 Å². The smallest absolute Gasteiger partial charge is 0.155 e. The third kappa shape index (κ3) is 2.37. The van der Waals surface area contributed by atoms with Gasteiger partial charge in [0.1, 0.15) is 24.5 Å². The minimum atomic E-state index is -0.801. The van der Waals surface area contributed by atoms with Gasteiger partial charge < -0.3 is 10.5 Å². The molecule has 0 saturated heterocycles. The summed E-state index contributed by atoms with van der Waals surface area (Å²) in [6.45, 7) is 1.56. The maximum absolute atomic E-state index is 13.8. The largest absolute Gasteiger partial charge is 0.487 e. The second-order valence-corrected chi connectivity index (χ2v) is 4.57. The third-order valence-corrected chi connectivity index (χ3v) is 3.17. The lowest BCUT2D eigenvalue weighted by atomic mass is 10.2. The lowest BCUT2D eigenvalue weighted by Gasteiger charge is -2.09. The summed E-state index contributed by atoms with van der Waals surface area (Å²) in [4.78, 5) is 4.10. The molecule has 21 heavy (non-hydrogen) atoms. The number of benzene rings is 1. The molecular weight excluding hydrogens is 278 g/mol. The molecule has 0 aliphatic rings. The maximum atomic E-state index is 13.8. The van der Waals surface area contributed by atoms with Crippen LogP contribution in [-0.4, -0.2) is 14.6 Å². The van der Waals surface area contributed by atoms with E-state index in [1.54, 1.807) is 16.9 Å². The summed E-state index contributed by atoms with van der Waals surface area (Å²) in [6, 6.07) is 3.99. The van der Waals surface area contributed by atoms with Crippen LogP contribution in [0.2, 0.25) is 0 Å². The first-order valence-electron chi connectivity index (χ1n) is 6.21. The highest BCUT2D eigenvalue weighted by Crippen LogP contribution is 2.21. The van der Waals surface area contributed by atoms with E-state index in [0.717, 1.165) is 17.3 Å². The molecule has 0 aliphatic carbocycles. The Kier molecular flexibility index (Phi) is 3.17. The second-order valence-electron chi connectivity index (χ2n) is 4.57. The van der Waals surface area contributed by atoms with Crippen LogP contribution in [0.3, 0.4) is 0 Å². The first kappa shape index (κ1) is 13.3. The van der Waals surface area contributed by atoms with Crippen LogP contribution >= 0.6 is 0 Å². The number of nitrogens with zero attached hydrogens (tertiary/aromatic N) is 3. The average Bonchev–Trinajstić information content (AvgIpc) is 2.84. The van der Waals surface area contributed by atoms with Gasteiger partial charge in [-0.25, -0.2) is 18.3 Å². The SMILES string of the molecule is Cc1ncn2ncc(OCc3c(F)ccc(N)c3F)cc12. The zero-order valence-electron chi connectivity index (χ0n) is 11.2. The molecule has 0 saturated carbocycles. The number of aromatic nitrogens is 3. The molecule has 2 heterocycles. The van der Waals surface area contributed by atoms with Gasteiger partial charge in [-0.2, -0.15) is 5.10 Å². The van der Waals surface area contributed by atoms with Gasteiger partial charge in [0.15, 0.2) is 5.82 Å². The highest BCUT2D eigenvalue weighted by atomic mass is 19.1. The van der Waals surface area contributed by atoms with Crippen molar-refractivity contribution in [1.82, 2.24) is 14.6 Å². The van der Waals surface area contributed by atoms with E-state index in [2.05, 4.69) is 10.1 Å². The molecule has 3 aromatic rings. The van der Waals surface area contributed by atoms with Crippen molar-refractivity contribution in [2.45, 2.75) is 13.5 Å². The Morgan fingerprint density at radius 2 is 2.14 bits per heavy atom. The number of halogens is 2. The molecular formula is C14H12F2N4O. The summed E-state index contributed by atoms with van der Waals surface area (Å²) in [5.41, 5.74) is 6.65. The predicted octanol–water partition coefficient (Wildman–Crippen LogP) is 2.48.